The average Bonchev–Trinajstić information content (AvgIpc) is 3.13. The standard InChI is InChI=1S/C28H43NO5/c1-2-3-4-5-6-7-8-9-10-11-12-13-14-15-24(26-27(32)25(21-30)34-28(26)33)29-20-22-16-18-23(31)19-17-22/h16-19,25,30-32H,2-15,20-21H2,1H3. The van der Waals surface area contributed by atoms with Gasteiger partial charge in [-0.25, -0.2) is 4.79 Å². The van der Waals surface area contributed by atoms with E-state index in [0.29, 0.717) is 18.7 Å². The van der Waals surface area contributed by atoms with Crippen molar-refractivity contribution in [3.05, 3.63) is 41.2 Å². The molecule has 0 bridgehead atoms. The van der Waals surface area contributed by atoms with Gasteiger partial charge in [-0.15, -0.1) is 0 Å². The fraction of sp³-hybridized carbons (Fsp3) is 0.643. The molecule has 0 saturated heterocycles. The Labute approximate surface area is 204 Å². The third-order valence-electron chi connectivity index (χ3n) is 6.37. The van der Waals surface area contributed by atoms with Gasteiger partial charge in [-0.1, -0.05) is 96.1 Å². The maximum atomic E-state index is 12.3. The van der Waals surface area contributed by atoms with E-state index in [4.69, 9.17) is 4.74 Å². The van der Waals surface area contributed by atoms with Crippen molar-refractivity contribution in [1.29, 1.82) is 0 Å². The quantitative estimate of drug-likeness (QED) is 0.128. The maximum absolute atomic E-state index is 12.3. The summed E-state index contributed by atoms with van der Waals surface area (Å²) in [7, 11) is 0. The van der Waals surface area contributed by atoms with Gasteiger partial charge in [-0.3, -0.25) is 4.99 Å². The topological polar surface area (TPSA) is 99.4 Å². The van der Waals surface area contributed by atoms with Gasteiger partial charge in [0, 0.05) is 0 Å². The number of aliphatic hydroxyl groups excluding tert-OH is 2. The van der Waals surface area contributed by atoms with Crippen LogP contribution in [0.5, 0.6) is 5.75 Å². The third-order valence-corrected chi connectivity index (χ3v) is 6.37. The highest BCUT2D eigenvalue weighted by molar-refractivity contribution is 6.21. The minimum atomic E-state index is -1.01. The Morgan fingerprint density at radius 2 is 1.38 bits per heavy atom. The molecule has 1 heterocycles. The van der Waals surface area contributed by atoms with Gasteiger partial charge in [0.2, 0.25) is 0 Å². The zero-order chi connectivity index (χ0) is 24.6. The van der Waals surface area contributed by atoms with Crippen molar-refractivity contribution in [3.8, 4) is 5.75 Å². The summed E-state index contributed by atoms with van der Waals surface area (Å²) < 4.78 is 5.08. The number of hydrogen-bond donors (Lipinski definition) is 3. The predicted molar refractivity (Wildman–Crippen MR) is 136 cm³/mol. The lowest BCUT2D eigenvalue weighted by molar-refractivity contribution is -0.141. The van der Waals surface area contributed by atoms with Gasteiger partial charge < -0.3 is 20.1 Å². The van der Waals surface area contributed by atoms with E-state index >= 15 is 0 Å². The summed E-state index contributed by atoms with van der Waals surface area (Å²) in [6, 6.07) is 6.75. The molecule has 0 amide bonds. The molecule has 1 aliphatic heterocycles. The van der Waals surface area contributed by atoms with Crippen LogP contribution in [-0.4, -0.2) is 39.7 Å². The number of esters is 1. The number of aliphatic imine (C=N–C) groups is 1. The summed E-state index contributed by atoms with van der Waals surface area (Å²) in [5.74, 6) is -0.673. The summed E-state index contributed by atoms with van der Waals surface area (Å²) in [5, 5.41) is 29.2. The molecule has 190 valence electrons. The van der Waals surface area contributed by atoms with Crippen molar-refractivity contribution in [2.24, 2.45) is 4.99 Å². The number of phenolic OH excluding ortho intramolecular Hbond substituents is 1. The number of phenols is 1. The Morgan fingerprint density at radius 3 is 1.88 bits per heavy atom. The van der Waals surface area contributed by atoms with E-state index in [0.717, 1.165) is 24.8 Å². The Kier molecular flexibility index (Phi) is 13.4. The van der Waals surface area contributed by atoms with E-state index in [9.17, 15) is 20.1 Å². The van der Waals surface area contributed by atoms with Crippen molar-refractivity contribution in [1.82, 2.24) is 0 Å². The van der Waals surface area contributed by atoms with Crippen LogP contribution >= 0.6 is 0 Å². The van der Waals surface area contributed by atoms with Crippen molar-refractivity contribution in [2.45, 2.75) is 109 Å². The van der Waals surface area contributed by atoms with Gasteiger partial charge in [-0.2, -0.15) is 0 Å². The zero-order valence-corrected chi connectivity index (χ0v) is 20.8. The van der Waals surface area contributed by atoms with Gasteiger partial charge in [0.05, 0.1) is 18.9 Å². The first-order valence-electron chi connectivity index (χ1n) is 13.1. The van der Waals surface area contributed by atoms with Crippen molar-refractivity contribution >= 4 is 11.7 Å². The number of benzene rings is 1. The number of unbranched alkanes of at least 4 members (excludes halogenated alkanes) is 12. The van der Waals surface area contributed by atoms with E-state index < -0.39 is 18.7 Å². The molecule has 6 heteroatoms. The van der Waals surface area contributed by atoms with Crippen LogP contribution < -0.4 is 0 Å². The molecule has 1 atom stereocenters. The molecule has 34 heavy (non-hydrogen) atoms. The van der Waals surface area contributed by atoms with Crippen LogP contribution in [0.15, 0.2) is 40.6 Å². The SMILES string of the molecule is CCCCCCCCCCCCCCCC(=NCc1ccc(O)cc1)C1=C(O)C(CO)OC1=O. The van der Waals surface area contributed by atoms with Crippen LogP contribution in [0.3, 0.4) is 0 Å². The molecule has 1 aromatic rings. The van der Waals surface area contributed by atoms with Crippen LogP contribution in [0.25, 0.3) is 0 Å². The number of aromatic hydroxyl groups is 1. The van der Waals surface area contributed by atoms with Crippen molar-refractivity contribution in [2.75, 3.05) is 6.61 Å². The summed E-state index contributed by atoms with van der Waals surface area (Å²) in [4.78, 5) is 16.9. The second-order valence-corrected chi connectivity index (χ2v) is 9.26. The van der Waals surface area contributed by atoms with Crippen LogP contribution in [0.1, 0.15) is 102 Å². The lowest BCUT2D eigenvalue weighted by atomic mass is 10.0. The normalized spacial score (nSPS) is 16.4. The second-order valence-electron chi connectivity index (χ2n) is 9.26. The number of ether oxygens (including phenoxy) is 1. The zero-order valence-electron chi connectivity index (χ0n) is 20.8. The fourth-order valence-corrected chi connectivity index (χ4v) is 4.28. The molecular weight excluding hydrogens is 430 g/mol. The number of cyclic esters (lactones) is 1. The Bertz CT molecular complexity index is 784. The minimum absolute atomic E-state index is 0.0942. The predicted octanol–water partition coefficient (Wildman–Crippen LogP) is 6.54. The monoisotopic (exact) mass is 473 g/mol. The average molecular weight is 474 g/mol. The lowest BCUT2D eigenvalue weighted by Gasteiger charge is -2.08. The first-order chi connectivity index (χ1) is 16.6. The highest BCUT2D eigenvalue weighted by Crippen LogP contribution is 2.25. The van der Waals surface area contributed by atoms with E-state index in [1.54, 1.807) is 24.3 Å². The van der Waals surface area contributed by atoms with Gasteiger partial charge in [0.1, 0.15) is 11.3 Å². The smallest absolute Gasteiger partial charge is 0.344 e. The number of rotatable bonds is 18. The van der Waals surface area contributed by atoms with Gasteiger partial charge in [0.25, 0.3) is 0 Å². The molecule has 0 fully saturated rings. The summed E-state index contributed by atoms with van der Waals surface area (Å²) in [6.45, 7) is 2.13. The van der Waals surface area contributed by atoms with Crippen LogP contribution in [0, 0.1) is 0 Å². The number of aliphatic hydroxyl groups is 2. The Hall–Kier alpha value is -2.34. The van der Waals surface area contributed by atoms with Gasteiger partial charge in [0.15, 0.2) is 11.9 Å². The Morgan fingerprint density at radius 1 is 0.853 bits per heavy atom. The van der Waals surface area contributed by atoms with Crippen LogP contribution in [-0.2, 0) is 16.1 Å². The van der Waals surface area contributed by atoms with E-state index in [1.807, 2.05) is 0 Å². The van der Waals surface area contributed by atoms with E-state index in [1.165, 1.54) is 64.2 Å². The number of carbonyl (C=O) groups is 1. The largest absolute Gasteiger partial charge is 0.508 e. The van der Waals surface area contributed by atoms with Crippen molar-refractivity contribution in [3.63, 3.8) is 0 Å². The molecule has 3 N–H and O–H groups in total. The minimum Gasteiger partial charge on any atom is -0.508 e. The molecule has 2 rings (SSSR count). The maximum Gasteiger partial charge on any atom is 0.344 e. The first kappa shape index (κ1) is 27.9. The summed E-state index contributed by atoms with van der Waals surface area (Å²) in [6.07, 6.45) is 15.9. The summed E-state index contributed by atoms with van der Waals surface area (Å²) in [5.41, 5.74) is 1.51. The second kappa shape index (κ2) is 16.3. The molecule has 0 aromatic heterocycles. The highest BCUT2D eigenvalue weighted by atomic mass is 16.6. The molecule has 1 aromatic carbocycles. The highest BCUT2D eigenvalue weighted by Gasteiger charge is 2.36. The molecule has 6 nitrogen and oxygen atoms in total. The number of hydrogen-bond acceptors (Lipinski definition) is 6. The third kappa shape index (κ3) is 9.88. The van der Waals surface area contributed by atoms with Gasteiger partial charge in [-0.05, 0) is 30.5 Å². The Balaban J connectivity index is 1.76. The number of nitrogens with zero attached hydrogens (tertiary/aromatic N) is 1. The first-order valence-corrected chi connectivity index (χ1v) is 13.1. The molecule has 0 aliphatic carbocycles. The molecular formula is C28H43NO5. The van der Waals surface area contributed by atoms with Crippen LogP contribution in [0.4, 0.5) is 0 Å². The molecule has 1 aliphatic rings. The van der Waals surface area contributed by atoms with Gasteiger partial charge >= 0.3 is 5.97 Å². The van der Waals surface area contributed by atoms with E-state index in [2.05, 4.69) is 11.9 Å². The van der Waals surface area contributed by atoms with Crippen molar-refractivity contribution < 1.29 is 24.9 Å². The molecule has 0 spiro atoms. The fourth-order valence-electron chi connectivity index (χ4n) is 4.28. The molecule has 1 unspecified atom stereocenters. The summed E-state index contributed by atoms with van der Waals surface area (Å²) >= 11 is 0. The van der Waals surface area contributed by atoms with E-state index in [-0.39, 0.29) is 17.1 Å². The number of carbonyl (C=O) groups excluding carboxylic acids is 1. The molecule has 0 saturated carbocycles. The molecule has 0 radical (unpaired) electrons. The van der Waals surface area contributed by atoms with Crippen LogP contribution in [0.2, 0.25) is 0 Å². The lowest BCUT2D eigenvalue weighted by Crippen LogP contribution is -2.15.